The van der Waals surface area contributed by atoms with E-state index >= 15 is 0 Å². The van der Waals surface area contributed by atoms with Crippen molar-refractivity contribution in [3.8, 4) is 0 Å². The van der Waals surface area contributed by atoms with Crippen molar-refractivity contribution in [3.63, 3.8) is 0 Å². The van der Waals surface area contributed by atoms with Gasteiger partial charge >= 0.3 is 11.9 Å². The van der Waals surface area contributed by atoms with Crippen LogP contribution >= 0.6 is 0 Å². The number of carboxylic acids is 2. The zero-order chi connectivity index (χ0) is 23.3. The number of hydrogen-bond acceptors (Lipinski definition) is 12. The van der Waals surface area contributed by atoms with Crippen molar-refractivity contribution in [2.24, 2.45) is 0 Å². The van der Waals surface area contributed by atoms with E-state index in [-0.39, 0.29) is 32.0 Å². The summed E-state index contributed by atoms with van der Waals surface area (Å²) in [7, 11) is 0. The van der Waals surface area contributed by atoms with Gasteiger partial charge < -0.3 is 19.7 Å². The Balaban J connectivity index is -0.000000148. The summed E-state index contributed by atoms with van der Waals surface area (Å²) in [4.78, 5) is 33.6. The fourth-order valence-corrected chi connectivity index (χ4v) is 0.589. The van der Waals surface area contributed by atoms with Gasteiger partial charge in [-0.05, 0) is 6.92 Å². The molecule has 0 aliphatic heterocycles. The Bertz CT molecular complexity index is 336. The quantitative estimate of drug-likeness (QED) is 0.0969. The molecule has 0 heterocycles. The summed E-state index contributed by atoms with van der Waals surface area (Å²) in [5.41, 5.74) is 0.176. The largest absolute Gasteiger partial charge is 0.478 e. The summed E-state index contributed by atoms with van der Waals surface area (Å²) in [5, 5.41) is 46.5. The number of hydrogen-bond donors (Lipinski definition) is 6. The van der Waals surface area contributed by atoms with Crippen LogP contribution in [0.5, 0.6) is 0 Å². The molecule has 0 aromatic heterocycles. The smallest absolute Gasteiger partial charge is 0.330 e. The molecule has 14 nitrogen and oxygen atoms in total. The van der Waals surface area contributed by atoms with Crippen LogP contribution in [0.3, 0.4) is 0 Å². The maximum atomic E-state index is 9.60. The molecule has 0 radical (unpaired) electrons. The molecule has 29 heavy (non-hydrogen) atoms. The van der Waals surface area contributed by atoms with Gasteiger partial charge in [-0.3, -0.25) is 21.0 Å². The Hall–Kier alpha value is -1.98. The van der Waals surface area contributed by atoms with E-state index in [0.717, 1.165) is 6.08 Å². The maximum absolute atomic E-state index is 9.60. The fourth-order valence-electron chi connectivity index (χ4n) is 0.589. The Morgan fingerprint density at radius 3 is 1.03 bits per heavy atom. The first kappa shape index (κ1) is 34.5. The van der Waals surface area contributed by atoms with Crippen molar-refractivity contribution in [2.45, 2.75) is 6.92 Å². The van der Waals surface area contributed by atoms with E-state index in [1.54, 1.807) is 0 Å². The van der Waals surface area contributed by atoms with Crippen LogP contribution in [0.4, 0.5) is 0 Å². The summed E-state index contributed by atoms with van der Waals surface area (Å²) in [5.74, 6) is -1.92. The van der Waals surface area contributed by atoms with Crippen LogP contribution in [0.2, 0.25) is 0 Å². The molecule has 0 amide bonds. The van der Waals surface area contributed by atoms with Gasteiger partial charge in [0, 0.05) is 11.6 Å². The highest BCUT2D eigenvalue weighted by Crippen LogP contribution is 1.81. The van der Waals surface area contributed by atoms with Crippen LogP contribution < -0.4 is 0 Å². The Morgan fingerprint density at radius 1 is 0.724 bits per heavy atom. The molecule has 0 unspecified atom stereocenters. The van der Waals surface area contributed by atoms with Crippen molar-refractivity contribution >= 4 is 11.9 Å². The average Bonchev–Trinajstić information content (AvgIpc) is 2.69. The molecule has 0 aliphatic carbocycles. The van der Waals surface area contributed by atoms with Crippen LogP contribution in [0.1, 0.15) is 6.92 Å². The van der Waals surface area contributed by atoms with Gasteiger partial charge in [0.1, 0.15) is 26.4 Å². The minimum atomic E-state index is -0.981. The van der Waals surface area contributed by atoms with E-state index in [4.69, 9.17) is 40.7 Å². The Kier molecular flexibility index (Phi) is 40.0. The molecule has 0 atom stereocenters. The highest BCUT2D eigenvalue weighted by Gasteiger charge is 1.90. The van der Waals surface area contributed by atoms with E-state index in [1.165, 1.54) is 6.92 Å². The lowest BCUT2D eigenvalue weighted by Gasteiger charge is -1.98. The van der Waals surface area contributed by atoms with Gasteiger partial charge in [-0.2, -0.15) is 0 Å². The lowest BCUT2D eigenvalue weighted by molar-refractivity contribution is -0.260. The summed E-state index contributed by atoms with van der Waals surface area (Å²) >= 11 is 0. The number of ether oxygens (including phenoxy) is 2. The molecule has 0 bridgehead atoms. The molecule has 0 spiro atoms. The van der Waals surface area contributed by atoms with Crippen molar-refractivity contribution in [1.29, 1.82) is 0 Å². The molecule has 174 valence electrons. The van der Waals surface area contributed by atoms with Gasteiger partial charge in [0.25, 0.3) is 0 Å². The third-order valence-electron chi connectivity index (χ3n) is 1.82. The topological polar surface area (TPSA) is 211 Å². The summed E-state index contributed by atoms with van der Waals surface area (Å²) in [6.45, 7) is 9.25. The average molecular weight is 434 g/mol. The molecule has 0 aromatic rings. The first-order valence-corrected chi connectivity index (χ1v) is 7.70. The number of carboxylic acid groups (broad SMARTS) is 2. The fraction of sp³-hybridized carbons (Fsp3) is 0.600. The van der Waals surface area contributed by atoms with E-state index in [0.29, 0.717) is 26.4 Å². The van der Waals surface area contributed by atoms with Crippen LogP contribution in [0, 0.1) is 0 Å². The molecule has 6 N–H and O–H groups in total. The van der Waals surface area contributed by atoms with Gasteiger partial charge in [-0.15, -0.1) is 0 Å². The third kappa shape index (κ3) is 58.5. The molecule has 0 saturated carbocycles. The molecule has 0 aromatic carbocycles. The first-order valence-electron chi connectivity index (χ1n) is 7.70. The monoisotopic (exact) mass is 434 g/mol. The summed E-state index contributed by atoms with van der Waals surface area (Å²) in [6, 6.07) is 0. The molecular formula is C15H30O14. The van der Waals surface area contributed by atoms with Crippen LogP contribution in [-0.4, -0.2) is 96.0 Å². The molecular weight excluding hydrogens is 404 g/mol. The van der Waals surface area contributed by atoms with E-state index < -0.39 is 11.9 Å². The number of rotatable bonds is 14. The predicted molar refractivity (Wildman–Crippen MR) is 96.2 cm³/mol. The van der Waals surface area contributed by atoms with Crippen molar-refractivity contribution in [2.75, 3.05) is 52.9 Å². The molecule has 14 heteroatoms. The highest BCUT2D eigenvalue weighted by molar-refractivity contribution is 5.84. The Labute approximate surface area is 167 Å². The highest BCUT2D eigenvalue weighted by atomic mass is 17.1. The zero-order valence-electron chi connectivity index (χ0n) is 16.1. The number of aliphatic carboxylic acids is 2. The van der Waals surface area contributed by atoms with E-state index in [9.17, 15) is 9.59 Å². The van der Waals surface area contributed by atoms with Crippen LogP contribution in [0.25, 0.3) is 0 Å². The maximum Gasteiger partial charge on any atom is 0.330 e. The zero-order valence-corrected chi connectivity index (χ0v) is 16.1. The Morgan fingerprint density at radius 2 is 0.931 bits per heavy atom. The first-order chi connectivity index (χ1) is 13.7. The normalized spacial score (nSPS) is 8.86. The minimum absolute atomic E-state index is 0.130. The van der Waals surface area contributed by atoms with Crippen molar-refractivity contribution in [3.05, 3.63) is 24.8 Å². The molecule has 0 rings (SSSR count). The van der Waals surface area contributed by atoms with Gasteiger partial charge in [0.15, 0.2) is 0 Å². The third-order valence-corrected chi connectivity index (χ3v) is 1.82. The van der Waals surface area contributed by atoms with Crippen molar-refractivity contribution in [1.82, 2.24) is 0 Å². The van der Waals surface area contributed by atoms with Gasteiger partial charge in [-0.25, -0.2) is 29.1 Å². The second-order valence-electron chi connectivity index (χ2n) is 4.19. The van der Waals surface area contributed by atoms with Crippen molar-refractivity contribution < 1.29 is 69.9 Å². The summed E-state index contributed by atoms with van der Waals surface area (Å²) < 4.78 is 9.49. The minimum Gasteiger partial charge on any atom is -0.478 e. The SMILES string of the molecule is C=C(C)C(=O)O.C=CC(=O)O.OOCCOCCOO.OOCCOCCOO. The van der Waals surface area contributed by atoms with Gasteiger partial charge in [-0.1, -0.05) is 13.2 Å². The second kappa shape index (κ2) is 33.6. The van der Waals surface area contributed by atoms with E-state index in [2.05, 4.69) is 32.7 Å². The number of carbonyl (C=O) groups is 2. The van der Waals surface area contributed by atoms with Gasteiger partial charge in [0.05, 0.1) is 26.4 Å². The second-order valence-corrected chi connectivity index (χ2v) is 4.19. The van der Waals surface area contributed by atoms with E-state index in [1.807, 2.05) is 0 Å². The van der Waals surface area contributed by atoms with Crippen LogP contribution in [0.15, 0.2) is 24.8 Å². The molecule has 0 saturated heterocycles. The predicted octanol–water partition coefficient (Wildman–Crippen LogP) is 0.869. The lowest BCUT2D eigenvalue weighted by atomic mass is 10.4. The molecule has 0 aliphatic rings. The standard InChI is InChI=1S/2C4H10O5.C4H6O2.C3H4O2/c2*5-8-3-1-7-2-4-9-6;1-3(2)4(5)6;1-2-3(4)5/h2*5-6H,1-4H2;1H2,2H3,(H,5,6);2H,1H2,(H,4,5). The molecule has 0 fully saturated rings. The van der Waals surface area contributed by atoms with Crippen LogP contribution in [-0.2, 0) is 38.6 Å². The van der Waals surface area contributed by atoms with Gasteiger partial charge in [0.2, 0.25) is 0 Å². The lowest BCUT2D eigenvalue weighted by Crippen LogP contribution is -2.06. The summed E-state index contributed by atoms with van der Waals surface area (Å²) in [6.07, 6.45) is 0.833.